The molecule has 0 amide bonds. The second-order valence-corrected chi connectivity index (χ2v) is 4.63. The summed E-state index contributed by atoms with van der Waals surface area (Å²) in [5.41, 5.74) is 1.12. The second kappa shape index (κ2) is 5.44. The van der Waals surface area contributed by atoms with Gasteiger partial charge in [-0.15, -0.1) is 0 Å². The Hall–Kier alpha value is -2.56. The first-order valence-corrected chi connectivity index (χ1v) is 6.35. The second-order valence-electron chi connectivity index (χ2n) is 4.63. The lowest BCUT2D eigenvalue weighted by Gasteiger charge is -2.10. The minimum atomic E-state index is -1.45. The quantitative estimate of drug-likeness (QED) is 0.728. The van der Waals surface area contributed by atoms with Gasteiger partial charge in [0, 0.05) is 30.0 Å². The summed E-state index contributed by atoms with van der Waals surface area (Å²) in [5.74, 6) is -3.83. The molecule has 0 fully saturated rings. The maximum atomic E-state index is 13.2. The van der Waals surface area contributed by atoms with E-state index in [0.717, 1.165) is 28.6 Å². The molecule has 0 radical (unpaired) electrons. The molecule has 3 aromatic rings. The Balaban J connectivity index is 1.87. The number of nitrogens with one attached hydrogen (secondary N) is 1. The molecule has 106 valence electrons. The van der Waals surface area contributed by atoms with Gasteiger partial charge in [0.2, 0.25) is 0 Å². The van der Waals surface area contributed by atoms with Crippen LogP contribution in [0, 0.1) is 17.5 Å². The number of hydrogen-bond donors (Lipinski definition) is 1. The van der Waals surface area contributed by atoms with Crippen molar-refractivity contribution in [2.24, 2.45) is 0 Å². The third kappa shape index (κ3) is 2.67. The summed E-state index contributed by atoms with van der Waals surface area (Å²) in [6.45, 7) is 0.183. The number of hydrogen-bond acceptors (Lipinski definition) is 2. The van der Waals surface area contributed by atoms with Crippen LogP contribution in [0.3, 0.4) is 0 Å². The SMILES string of the molecule is Fc1cc(CNc2cccc3ccncc23)cc(F)c1F. The molecule has 1 aromatic heterocycles. The van der Waals surface area contributed by atoms with Gasteiger partial charge in [-0.3, -0.25) is 4.98 Å². The van der Waals surface area contributed by atoms with Crippen LogP contribution in [0.25, 0.3) is 10.8 Å². The minimum Gasteiger partial charge on any atom is -0.380 e. The Kier molecular flexibility index (Phi) is 3.48. The first-order valence-electron chi connectivity index (χ1n) is 6.35. The van der Waals surface area contributed by atoms with Crippen molar-refractivity contribution in [2.45, 2.75) is 6.54 Å². The summed E-state index contributed by atoms with van der Waals surface area (Å²) in [4.78, 5) is 4.06. The molecule has 0 bridgehead atoms. The van der Waals surface area contributed by atoms with Gasteiger partial charge in [0.05, 0.1) is 0 Å². The van der Waals surface area contributed by atoms with E-state index in [2.05, 4.69) is 10.3 Å². The van der Waals surface area contributed by atoms with E-state index in [-0.39, 0.29) is 6.54 Å². The van der Waals surface area contributed by atoms with Gasteiger partial charge in [-0.05, 0) is 35.2 Å². The molecule has 1 heterocycles. The van der Waals surface area contributed by atoms with E-state index >= 15 is 0 Å². The van der Waals surface area contributed by atoms with E-state index in [1.165, 1.54) is 0 Å². The standard InChI is InChI=1S/C16H11F3N2/c17-13-6-10(7-14(18)16(13)19)8-21-15-3-1-2-11-4-5-20-9-12(11)15/h1-7,9,21H,8H2. The van der Waals surface area contributed by atoms with Crippen molar-refractivity contribution in [3.8, 4) is 0 Å². The Morgan fingerprint density at radius 3 is 2.52 bits per heavy atom. The molecule has 21 heavy (non-hydrogen) atoms. The average molecular weight is 288 g/mol. The number of fused-ring (bicyclic) bond motifs is 1. The van der Waals surface area contributed by atoms with E-state index in [1.54, 1.807) is 12.4 Å². The fourth-order valence-electron chi connectivity index (χ4n) is 2.17. The first kappa shape index (κ1) is 13.4. The van der Waals surface area contributed by atoms with Crippen molar-refractivity contribution in [1.82, 2.24) is 4.98 Å². The first-order chi connectivity index (χ1) is 10.1. The molecule has 0 atom stereocenters. The summed E-state index contributed by atoms with van der Waals surface area (Å²) >= 11 is 0. The maximum absolute atomic E-state index is 13.2. The van der Waals surface area contributed by atoms with Crippen molar-refractivity contribution in [1.29, 1.82) is 0 Å². The molecule has 1 N–H and O–H groups in total. The number of rotatable bonds is 3. The highest BCUT2D eigenvalue weighted by atomic mass is 19.2. The van der Waals surface area contributed by atoms with Crippen LogP contribution in [-0.4, -0.2) is 4.98 Å². The van der Waals surface area contributed by atoms with Gasteiger partial charge in [0.1, 0.15) is 0 Å². The summed E-state index contributed by atoms with van der Waals surface area (Å²) in [6.07, 6.45) is 3.40. The van der Waals surface area contributed by atoms with Crippen LogP contribution in [-0.2, 0) is 6.54 Å². The molecular weight excluding hydrogens is 277 g/mol. The third-order valence-corrected chi connectivity index (χ3v) is 3.21. The monoisotopic (exact) mass is 288 g/mol. The third-order valence-electron chi connectivity index (χ3n) is 3.21. The predicted molar refractivity (Wildman–Crippen MR) is 75.4 cm³/mol. The van der Waals surface area contributed by atoms with Crippen LogP contribution in [0.4, 0.5) is 18.9 Å². The van der Waals surface area contributed by atoms with Crippen LogP contribution in [0.5, 0.6) is 0 Å². The zero-order valence-corrected chi connectivity index (χ0v) is 10.9. The highest BCUT2D eigenvalue weighted by molar-refractivity contribution is 5.93. The molecule has 0 aliphatic carbocycles. The summed E-state index contributed by atoms with van der Waals surface area (Å²) in [6, 6.07) is 9.50. The number of anilines is 1. The van der Waals surface area contributed by atoms with Crippen LogP contribution < -0.4 is 5.32 Å². The molecule has 0 aliphatic rings. The topological polar surface area (TPSA) is 24.9 Å². The summed E-state index contributed by atoms with van der Waals surface area (Å²) < 4.78 is 39.2. The lowest BCUT2D eigenvalue weighted by Crippen LogP contribution is -2.02. The molecule has 2 aromatic carbocycles. The van der Waals surface area contributed by atoms with Crippen molar-refractivity contribution in [3.63, 3.8) is 0 Å². The van der Waals surface area contributed by atoms with Crippen LogP contribution in [0.2, 0.25) is 0 Å². The molecule has 0 spiro atoms. The van der Waals surface area contributed by atoms with Gasteiger partial charge < -0.3 is 5.32 Å². The highest BCUT2D eigenvalue weighted by Gasteiger charge is 2.10. The van der Waals surface area contributed by atoms with Crippen LogP contribution in [0.1, 0.15) is 5.56 Å². The van der Waals surface area contributed by atoms with Crippen molar-refractivity contribution < 1.29 is 13.2 Å². The molecule has 5 heteroatoms. The maximum Gasteiger partial charge on any atom is 0.194 e. The number of benzene rings is 2. The Morgan fingerprint density at radius 1 is 1.00 bits per heavy atom. The zero-order chi connectivity index (χ0) is 14.8. The average Bonchev–Trinajstić information content (AvgIpc) is 2.50. The van der Waals surface area contributed by atoms with E-state index < -0.39 is 17.5 Å². The molecule has 0 unspecified atom stereocenters. The minimum absolute atomic E-state index is 0.183. The number of pyridine rings is 1. The van der Waals surface area contributed by atoms with Crippen molar-refractivity contribution >= 4 is 16.5 Å². The largest absolute Gasteiger partial charge is 0.380 e. The summed E-state index contributed by atoms with van der Waals surface area (Å²) in [5, 5.41) is 4.99. The fraction of sp³-hybridized carbons (Fsp3) is 0.0625. The van der Waals surface area contributed by atoms with Gasteiger partial charge in [-0.2, -0.15) is 0 Å². The number of aromatic nitrogens is 1. The van der Waals surface area contributed by atoms with Gasteiger partial charge >= 0.3 is 0 Å². The van der Waals surface area contributed by atoms with Gasteiger partial charge in [-0.25, -0.2) is 13.2 Å². The molecule has 0 saturated heterocycles. The molecular formula is C16H11F3N2. The number of nitrogens with zero attached hydrogens (tertiary/aromatic N) is 1. The van der Waals surface area contributed by atoms with Crippen molar-refractivity contribution in [2.75, 3.05) is 5.32 Å². The van der Waals surface area contributed by atoms with Crippen molar-refractivity contribution in [3.05, 3.63) is 71.8 Å². The Morgan fingerprint density at radius 2 is 1.76 bits per heavy atom. The Bertz CT molecular complexity index is 774. The van der Waals surface area contributed by atoms with E-state index in [0.29, 0.717) is 5.56 Å². The van der Waals surface area contributed by atoms with E-state index in [4.69, 9.17) is 0 Å². The van der Waals surface area contributed by atoms with Gasteiger partial charge in [-0.1, -0.05) is 12.1 Å². The van der Waals surface area contributed by atoms with E-state index in [1.807, 2.05) is 24.3 Å². The van der Waals surface area contributed by atoms with Gasteiger partial charge in [0.25, 0.3) is 0 Å². The molecule has 2 nitrogen and oxygen atoms in total. The molecule has 3 rings (SSSR count). The molecule has 0 saturated carbocycles. The highest BCUT2D eigenvalue weighted by Crippen LogP contribution is 2.23. The zero-order valence-electron chi connectivity index (χ0n) is 10.9. The normalized spacial score (nSPS) is 10.8. The lowest BCUT2D eigenvalue weighted by atomic mass is 10.1. The van der Waals surface area contributed by atoms with E-state index in [9.17, 15) is 13.2 Å². The smallest absolute Gasteiger partial charge is 0.194 e. The predicted octanol–water partition coefficient (Wildman–Crippen LogP) is 4.26. The summed E-state index contributed by atoms with van der Waals surface area (Å²) in [7, 11) is 0. The molecule has 0 aliphatic heterocycles. The van der Waals surface area contributed by atoms with Gasteiger partial charge in [0.15, 0.2) is 17.5 Å². The van der Waals surface area contributed by atoms with Crippen LogP contribution in [0.15, 0.2) is 48.8 Å². The van der Waals surface area contributed by atoms with Crippen LogP contribution >= 0.6 is 0 Å². The lowest BCUT2D eigenvalue weighted by molar-refractivity contribution is 0.445. The Labute approximate surface area is 119 Å². The number of halogens is 3. The fourth-order valence-corrected chi connectivity index (χ4v) is 2.17.